The average molecular weight is 1370 g/mol. The largest absolute Gasteiger partial charge is 0.418 e. The van der Waals surface area contributed by atoms with Crippen molar-refractivity contribution < 1.29 is 43.9 Å². The van der Waals surface area contributed by atoms with Gasteiger partial charge >= 0.3 is 18.3 Å². The van der Waals surface area contributed by atoms with Crippen LogP contribution in [0.2, 0.25) is 0 Å². The van der Waals surface area contributed by atoms with Gasteiger partial charge in [0.1, 0.15) is 34.9 Å². The van der Waals surface area contributed by atoms with Gasteiger partial charge in [0, 0.05) is 73.9 Å². The number of nitrogens with one attached hydrogen (secondary N) is 6. The first-order valence-corrected chi connectivity index (χ1v) is 30.2. The number of aliphatic hydroxyl groups excluding tert-OH is 3. The van der Waals surface area contributed by atoms with Crippen molar-refractivity contribution in [3.63, 3.8) is 0 Å². The smallest absolute Gasteiger partial charge is 0.408 e. The van der Waals surface area contributed by atoms with Gasteiger partial charge in [-0.2, -0.15) is 28.8 Å². The van der Waals surface area contributed by atoms with E-state index in [9.17, 15) is 29.7 Å². The number of pyridine rings is 3. The molecule has 9 aromatic heterocycles. The fourth-order valence-corrected chi connectivity index (χ4v) is 11.5. The molecule has 450 valence electrons. The summed E-state index contributed by atoms with van der Waals surface area (Å²) in [6.07, 6.45) is 24.2. The van der Waals surface area contributed by atoms with E-state index in [0.29, 0.717) is 82.5 Å². The van der Waals surface area contributed by atoms with Crippen LogP contribution < -0.4 is 46.1 Å². The Hall–Kier alpha value is -8.16. The summed E-state index contributed by atoms with van der Waals surface area (Å²) in [4.78, 5) is 62.6. The molecule has 3 amide bonds. The average Bonchev–Trinajstić information content (AvgIpc) is 2.35. The molecule has 0 aliphatic heterocycles. The number of rotatable bonds is 15. The highest BCUT2D eigenvalue weighted by Gasteiger charge is 2.34. The quantitative estimate of drug-likeness (QED) is 0.0460. The number of nitrogens with zero attached hydrogens (tertiary/aromatic N) is 12. The normalized spacial score (nSPS) is 17.9. The Labute approximate surface area is 516 Å². The van der Waals surface area contributed by atoms with Crippen LogP contribution in [-0.4, -0.2) is 130 Å². The molecule has 0 spiro atoms. The number of carbonyl (C=O) groups is 3. The third-order valence-electron chi connectivity index (χ3n) is 14.7. The van der Waals surface area contributed by atoms with Crippen molar-refractivity contribution in [2.24, 2.45) is 11.8 Å². The third kappa shape index (κ3) is 15.4. The molecule has 9 N–H and O–H groups in total. The first-order valence-electron chi connectivity index (χ1n) is 27.8. The minimum absolute atomic E-state index is 0.0199. The van der Waals surface area contributed by atoms with Crippen LogP contribution in [0.5, 0.6) is 17.2 Å². The van der Waals surface area contributed by atoms with Gasteiger partial charge in [0.2, 0.25) is 0 Å². The van der Waals surface area contributed by atoms with Crippen molar-refractivity contribution in [2.75, 3.05) is 51.7 Å². The van der Waals surface area contributed by atoms with Crippen molar-refractivity contribution in [3.8, 4) is 17.2 Å². The number of carbonyl (C=O) groups excluding carboxylic acids is 3. The van der Waals surface area contributed by atoms with Crippen molar-refractivity contribution in [1.29, 1.82) is 0 Å². The van der Waals surface area contributed by atoms with Crippen LogP contribution in [0.25, 0.3) is 16.9 Å². The van der Waals surface area contributed by atoms with E-state index in [4.69, 9.17) is 14.2 Å². The molecule has 27 nitrogen and oxygen atoms in total. The van der Waals surface area contributed by atoms with E-state index in [-0.39, 0.29) is 43.7 Å². The standard InChI is InChI=1S/2C19H21BrN6O3.C18H19BrN6O3/c2*20-14-10-22-26-17(25-19(28)29-13-5-3-7-21-9-13)8-16(24-18(14)26)23-15-6-2-1-4-12(15)11-27;19-13-10-21-25-15(23-17(27)28-12-4-3-7-20-9-12)8-14(22-16(13)25)24-18(11-26)5-1-2-6-18/h2*3,5,7-10,12,15,27H,1-2,4,6,11H2,(H,23,24)(H,25,28);3-4,7-10,26H,1-2,5-6,11H2,(H,22,24)(H,23,27)/t12-,15+;12-,15-;/m01./s1. The lowest BCUT2D eigenvalue weighted by molar-refractivity contribution is 0.178. The summed E-state index contributed by atoms with van der Waals surface area (Å²) in [5, 5.41) is 60.3. The molecule has 86 heavy (non-hydrogen) atoms. The van der Waals surface area contributed by atoms with Crippen LogP contribution in [0.3, 0.4) is 0 Å². The zero-order chi connectivity index (χ0) is 60.0. The van der Waals surface area contributed by atoms with E-state index in [0.717, 1.165) is 77.0 Å². The van der Waals surface area contributed by atoms with E-state index < -0.39 is 23.8 Å². The molecule has 3 aliphatic rings. The number of halogens is 3. The molecule has 3 aliphatic carbocycles. The Kier molecular flexibility index (Phi) is 20.4. The molecule has 0 saturated heterocycles. The molecule has 0 radical (unpaired) electrons. The van der Waals surface area contributed by atoms with Crippen LogP contribution >= 0.6 is 47.8 Å². The van der Waals surface area contributed by atoms with Gasteiger partial charge in [-0.25, -0.2) is 29.3 Å². The summed E-state index contributed by atoms with van der Waals surface area (Å²) in [6.45, 7) is 0.295. The zero-order valence-electron chi connectivity index (χ0n) is 46.1. The topological polar surface area (TPSA) is 341 Å². The maximum absolute atomic E-state index is 12.3. The van der Waals surface area contributed by atoms with Crippen LogP contribution in [0.15, 0.2) is 124 Å². The molecule has 3 fully saturated rings. The molecule has 9 aromatic rings. The fourth-order valence-electron chi connectivity index (χ4n) is 10.5. The maximum atomic E-state index is 12.3. The zero-order valence-corrected chi connectivity index (χ0v) is 50.9. The van der Waals surface area contributed by atoms with Crippen molar-refractivity contribution in [3.05, 3.63) is 124 Å². The summed E-state index contributed by atoms with van der Waals surface area (Å²) < 4.78 is 22.4. The van der Waals surface area contributed by atoms with Gasteiger partial charge in [0.05, 0.1) is 62.7 Å². The van der Waals surface area contributed by atoms with Crippen molar-refractivity contribution in [1.82, 2.24) is 58.7 Å². The lowest BCUT2D eigenvalue weighted by Gasteiger charge is -2.31. The van der Waals surface area contributed by atoms with Gasteiger partial charge in [0.25, 0.3) is 0 Å². The minimum atomic E-state index is -0.671. The Morgan fingerprint density at radius 1 is 0.512 bits per heavy atom. The Balaban J connectivity index is 0.000000143. The molecule has 4 atom stereocenters. The van der Waals surface area contributed by atoms with Crippen LogP contribution in [-0.2, 0) is 0 Å². The number of fused-ring (bicyclic) bond motifs is 3. The first kappa shape index (κ1) is 60.9. The SMILES string of the molecule is O=C(Nc1cc(NC2(CO)CCCC2)nc2c(Br)cnn12)Oc1cccnc1.O=C(Nc1cc(N[C@@H]2CCCC[C@@H]2CO)nc2c(Br)cnn12)Oc1cccnc1.O=C(Nc1cc(N[C@@H]2CCCC[C@H]2CO)nc2c(Br)cnn12)Oc1cccnc1. The van der Waals surface area contributed by atoms with Crippen molar-refractivity contribution >= 4 is 118 Å². The van der Waals surface area contributed by atoms with Gasteiger partial charge in [-0.05, 0) is 123 Å². The van der Waals surface area contributed by atoms with Crippen LogP contribution in [0.1, 0.15) is 77.0 Å². The highest BCUT2D eigenvalue weighted by molar-refractivity contribution is 9.11. The second kappa shape index (κ2) is 28.8. The molecule has 9 heterocycles. The summed E-state index contributed by atoms with van der Waals surface area (Å²) in [5.74, 6) is 4.31. The number of anilines is 6. The molecular formula is C56H61Br3N18O9. The predicted molar refractivity (Wildman–Crippen MR) is 329 cm³/mol. The highest BCUT2D eigenvalue weighted by Crippen LogP contribution is 2.35. The summed E-state index contributed by atoms with van der Waals surface area (Å²) >= 11 is 10.3. The summed E-state index contributed by atoms with van der Waals surface area (Å²) in [7, 11) is 0. The first-order chi connectivity index (χ1) is 41.9. The lowest BCUT2D eigenvalue weighted by atomic mass is 9.85. The van der Waals surface area contributed by atoms with Crippen LogP contribution in [0, 0.1) is 11.8 Å². The van der Waals surface area contributed by atoms with Gasteiger partial charge in [-0.15, -0.1) is 0 Å². The monoisotopic (exact) mass is 1370 g/mol. The number of aromatic nitrogens is 12. The Morgan fingerprint density at radius 2 is 0.872 bits per heavy atom. The number of aliphatic hydroxyl groups is 3. The summed E-state index contributed by atoms with van der Waals surface area (Å²) in [6, 6.07) is 15.3. The van der Waals surface area contributed by atoms with Gasteiger partial charge in [-0.1, -0.05) is 38.5 Å². The molecule has 12 rings (SSSR count). The number of amides is 3. The fraction of sp³-hybridized carbons (Fsp3) is 0.357. The molecule has 3 saturated carbocycles. The molecule has 0 bridgehead atoms. The second-order valence-corrected chi connectivity index (χ2v) is 23.2. The molecule has 0 aromatic carbocycles. The highest BCUT2D eigenvalue weighted by atomic mass is 79.9. The Bertz CT molecular complexity index is 3590. The second-order valence-electron chi connectivity index (χ2n) is 20.6. The van der Waals surface area contributed by atoms with Crippen molar-refractivity contribution in [2.45, 2.75) is 94.7 Å². The maximum Gasteiger partial charge on any atom is 0.418 e. The summed E-state index contributed by atoms with van der Waals surface area (Å²) in [5.41, 5.74) is 1.25. The minimum Gasteiger partial charge on any atom is -0.408 e. The third-order valence-corrected chi connectivity index (χ3v) is 16.4. The molecule has 30 heteroatoms. The molecular weight excluding hydrogens is 1310 g/mol. The van der Waals surface area contributed by atoms with Crippen LogP contribution in [0.4, 0.5) is 49.3 Å². The van der Waals surface area contributed by atoms with E-state index in [2.05, 4.69) is 125 Å². The van der Waals surface area contributed by atoms with E-state index >= 15 is 0 Å². The Morgan fingerprint density at radius 3 is 1.22 bits per heavy atom. The molecule has 0 unspecified atom stereocenters. The van der Waals surface area contributed by atoms with E-state index in [1.807, 2.05) is 0 Å². The van der Waals surface area contributed by atoms with E-state index in [1.165, 1.54) is 32.1 Å². The van der Waals surface area contributed by atoms with Gasteiger partial charge < -0.3 is 45.5 Å². The number of ether oxygens (including phenoxy) is 3. The lowest BCUT2D eigenvalue weighted by Crippen LogP contribution is -2.39. The van der Waals surface area contributed by atoms with Gasteiger partial charge in [0.15, 0.2) is 34.2 Å². The number of hydrogen-bond donors (Lipinski definition) is 9. The number of hydrogen-bond acceptors (Lipinski definition) is 21. The van der Waals surface area contributed by atoms with Gasteiger partial charge in [-0.3, -0.25) is 30.9 Å². The predicted octanol–water partition coefficient (Wildman–Crippen LogP) is 10.1. The van der Waals surface area contributed by atoms with E-state index in [1.54, 1.807) is 91.8 Å².